The first-order valence-electron chi connectivity index (χ1n) is 10.4. The third kappa shape index (κ3) is 2.30. The zero-order valence-electron chi connectivity index (χ0n) is 16.9. The second kappa shape index (κ2) is 5.96. The molecule has 2 aliphatic carbocycles. The molecule has 1 aliphatic heterocycles. The average Bonchev–Trinajstić information content (AvgIpc) is 3.14. The molecule has 3 aliphatic rings. The number of carbonyl (C=O) groups excluding carboxylic acids is 1. The predicted octanol–water partition coefficient (Wildman–Crippen LogP) is 4.56. The van der Waals surface area contributed by atoms with Gasteiger partial charge >= 0.3 is 0 Å². The van der Waals surface area contributed by atoms with Crippen LogP contribution in [-0.4, -0.2) is 23.7 Å². The lowest BCUT2D eigenvalue weighted by molar-refractivity contribution is -0.136. The summed E-state index contributed by atoms with van der Waals surface area (Å²) < 4.78 is 6.36. The van der Waals surface area contributed by atoms with Gasteiger partial charge < -0.3 is 15.2 Å². The standard InChI is InChI=1S/C24H29NO3/c1-14(26)25-22-23(2,3)16-12-18-21(28-11-10-24(18,22)13-16)20-17-7-5-4-6-15(17)8-9-19(20)27/h4-9,16,18,21-22,27H,10-13H2,1-3H3,(H,25,26)/t16-,18-,21+,22+,24-/m1/s1. The molecule has 5 atom stereocenters. The molecule has 3 fully saturated rings. The van der Waals surface area contributed by atoms with Crippen LogP contribution in [0.2, 0.25) is 0 Å². The van der Waals surface area contributed by atoms with Crippen LogP contribution in [-0.2, 0) is 9.53 Å². The smallest absolute Gasteiger partial charge is 0.217 e. The zero-order valence-corrected chi connectivity index (χ0v) is 16.9. The van der Waals surface area contributed by atoms with Crippen molar-refractivity contribution in [1.29, 1.82) is 0 Å². The van der Waals surface area contributed by atoms with Crippen LogP contribution in [0.15, 0.2) is 36.4 Å². The van der Waals surface area contributed by atoms with Crippen LogP contribution in [0, 0.1) is 22.7 Å². The Morgan fingerprint density at radius 2 is 2.00 bits per heavy atom. The number of rotatable bonds is 2. The minimum absolute atomic E-state index is 0.0478. The number of phenols is 1. The van der Waals surface area contributed by atoms with E-state index in [9.17, 15) is 9.90 Å². The Morgan fingerprint density at radius 3 is 2.79 bits per heavy atom. The van der Waals surface area contributed by atoms with Gasteiger partial charge in [0.05, 0.1) is 6.10 Å². The highest BCUT2D eigenvalue weighted by molar-refractivity contribution is 5.88. The molecule has 0 radical (unpaired) electrons. The summed E-state index contributed by atoms with van der Waals surface area (Å²) >= 11 is 0. The Bertz CT molecular complexity index is 952. The molecule has 2 bridgehead atoms. The van der Waals surface area contributed by atoms with Gasteiger partial charge in [-0.15, -0.1) is 0 Å². The second-order valence-electron chi connectivity index (χ2n) is 9.69. The van der Waals surface area contributed by atoms with Crippen molar-refractivity contribution in [3.63, 3.8) is 0 Å². The first-order valence-corrected chi connectivity index (χ1v) is 10.4. The number of fused-ring (bicyclic) bond motifs is 2. The summed E-state index contributed by atoms with van der Waals surface area (Å²) in [7, 11) is 0. The van der Waals surface area contributed by atoms with Gasteiger partial charge in [0.2, 0.25) is 5.91 Å². The predicted molar refractivity (Wildman–Crippen MR) is 109 cm³/mol. The average molecular weight is 380 g/mol. The summed E-state index contributed by atoms with van der Waals surface area (Å²) in [5, 5.41) is 16.3. The maximum atomic E-state index is 12.0. The molecule has 2 aromatic rings. The van der Waals surface area contributed by atoms with E-state index in [2.05, 4.69) is 31.3 Å². The molecule has 1 amide bonds. The van der Waals surface area contributed by atoms with Crippen LogP contribution in [0.4, 0.5) is 0 Å². The molecule has 4 nitrogen and oxygen atoms in total. The highest BCUT2D eigenvalue weighted by atomic mass is 16.5. The molecule has 0 unspecified atom stereocenters. The Labute approximate surface area is 166 Å². The molecule has 1 saturated heterocycles. The minimum Gasteiger partial charge on any atom is -0.508 e. The molecular weight excluding hydrogens is 350 g/mol. The fraction of sp³-hybridized carbons (Fsp3) is 0.542. The van der Waals surface area contributed by atoms with Crippen molar-refractivity contribution in [1.82, 2.24) is 5.32 Å². The third-order valence-electron chi connectivity index (χ3n) is 8.08. The fourth-order valence-corrected chi connectivity index (χ4v) is 6.86. The Balaban J connectivity index is 1.62. The van der Waals surface area contributed by atoms with Crippen molar-refractivity contribution >= 4 is 16.7 Å². The molecule has 1 heterocycles. The number of nitrogens with one attached hydrogen (secondary N) is 1. The molecule has 5 rings (SSSR count). The topological polar surface area (TPSA) is 58.6 Å². The number of aromatic hydroxyl groups is 1. The quantitative estimate of drug-likeness (QED) is 0.804. The van der Waals surface area contributed by atoms with Crippen LogP contribution in [0.1, 0.15) is 51.7 Å². The lowest BCUT2D eigenvalue weighted by Crippen LogP contribution is -2.58. The Kier molecular flexibility index (Phi) is 3.83. The van der Waals surface area contributed by atoms with E-state index >= 15 is 0 Å². The summed E-state index contributed by atoms with van der Waals surface area (Å²) in [6, 6.07) is 12.1. The maximum Gasteiger partial charge on any atom is 0.217 e. The van der Waals surface area contributed by atoms with E-state index in [0.717, 1.165) is 35.6 Å². The summed E-state index contributed by atoms with van der Waals surface area (Å²) in [5.41, 5.74) is 1.06. The molecule has 28 heavy (non-hydrogen) atoms. The van der Waals surface area contributed by atoms with Gasteiger partial charge in [-0.05, 0) is 58.8 Å². The number of hydrogen-bond donors (Lipinski definition) is 2. The summed E-state index contributed by atoms with van der Waals surface area (Å²) in [6.45, 7) is 6.91. The van der Waals surface area contributed by atoms with E-state index in [4.69, 9.17) is 4.74 Å². The van der Waals surface area contributed by atoms with Crippen LogP contribution in [0.25, 0.3) is 10.8 Å². The molecular formula is C24H29NO3. The molecule has 2 N–H and O–H groups in total. The van der Waals surface area contributed by atoms with Gasteiger partial charge in [0, 0.05) is 25.1 Å². The number of carbonyl (C=O) groups is 1. The van der Waals surface area contributed by atoms with E-state index in [1.807, 2.05) is 18.2 Å². The zero-order chi connectivity index (χ0) is 19.7. The van der Waals surface area contributed by atoms with Gasteiger partial charge in [0.15, 0.2) is 0 Å². The number of benzene rings is 2. The molecule has 2 saturated carbocycles. The summed E-state index contributed by atoms with van der Waals surface area (Å²) in [5.74, 6) is 1.25. The summed E-state index contributed by atoms with van der Waals surface area (Å²) in [6.07, 6.45) is 3.08. The van der Waals surface area contributed by atoms with E-state index in [0.29, 0.717) is 24.2 Å². The monoisotopic (exact) mass is 379 g/mol. The number of phenolic OH excluding ortho intramolecular Hbond substituents is 1. The molecule has 2 aromatic carbocycles. The lowest BCUT2D eigenvalue weighted by Gasteiger charge is -2.53. The Hall–Kier alpha value is -2.07. The maximum absolute atomic E-state index is 12.0. The SMILES string of the molecule is CC(=O)N[C@H]1C(C)(C)[C@@H]2C[C@@H]3[C@@H](c4c(O)ccc5ccccc45)OCC[C@@]31C2. The minimum atomic E-state index is -0.128. The molecule has 4 heteroatoms. The van der Waals surface area contributed by atoms with Gasteiger partial charge in [0.1, 0.15) is 5.75 Å². The molecule has 1 spiro atoms. The van der Waals surface area contributed by atoms with Gasteiger partial charge in [-0.3, -0.25) is 4.79 Å². The fourth-order valence-electron chi connectivity index (χ4n) is 6.86. The van der Waals surface area contributed by atoms with Crippen molar-refractivity contribution < 1.29 is 14.6 Å². The van der Waals surface area contributed by atoms with E-state index < -0.39 is 0 Å². The van der Waals surface area contributed by atoms with Gasteiger partial charge in [0.25, 0.3) is 0 Å². The van der Waals surface area contributed by atoms with Crippen LogP contribution >= 0.6 is 0 Å². The van der Waals surface area contributed by atoms with Crippen molar-refractivity contribution in [2.24, 2.45) is 22.7 Å². The van der Waals surface area contributed by atoms with E-state index in [1.54, 1.807) is 13.0 Å². The van der Waals surface area contributed by atoms with E-state index in [1.165, 1.54) is 0 Å². The largest absolute Gasteiger partial charge is 0.508 e. The third-order valence-corrected chi connectivity index (χ3v) is 8.08. The van der Waals surface area contributed by atoms with Crippen LogP contribution in [0.3, 0.4) is 0 Å². The Morgan fingerprint density at radius 1 is 1.21 bits per heavy atom. The van der Waals surface area contributed by atoms with Crippen LogP contribution in [0.5, 0.6) is 5.75 Å². The highest BCUT2D eigenvalue weighted by Gasteiger charge is 2.68. The lowest BCUT2D eigenvalue weighted by atomic mass is 9.58. The van der Waals surface area contributed by atoms with Crippen molar-refractivity contribution in [3.8, 4) is 5.75 Å². The number of ether oxygens (including phenoxy) is 1. The first-order chi connectivity index (χ1) is 13.3. The number of amides is 1. The second-order valence-corrected chi connectivity index (χ2v) is 9.69. The number of hydrogen-bond acceptors (Lipinski definition) is 3. The van der Waals surface area contributed by atoms with Crippen LogP contribution < -0.4 is 5.32 Å². The molecule has 0 aromatic heterocycles. The summed E-state index contributed by atoms with van der Waals surface area (Å²) in [4.78, 5) is 12.0. The first kappa shape index (κ1) is 18.0. The van der Waals surface area contributed by atoms with Gasteiger partial charge in [-0.2, -0.15) is 0 Å². The van der Waals surface area contributed by atoms with Gasteiger partial charge in [-0.25, -0.2) is 0 Å². The van der Waals surface area contributed by atoms with Crippen molar-refractivity contribution in [2.75, 3.05) is 6.61 Å². The van der Waals surface area contributed by atoms with Crippen molar-refractivity contribution in [2.45, 2.75) is 52.2 Å². The molecule has 148 valence electrons. The van der Waals surface area contributed by atoms with Crippen molar-refractivity contribution in [3.05, 3.63) is 42.0 Å². The normalized spacial score (nSPS) is 35.7. The highest BCUT2D eigenvalue weighted by Crippen LogP contribution is 2.71. The van der Waals surface area contributed by atoms with E-state index in [-0.39, 0.29) is 28.9 Å². The van der Waals surface area contributed by atoms with Gasteiger partial charge in [-0.1, -0.05) is 44.2 Å².